The summed E-state index contributed by atoms with van der Waals surface area (Å²) in [6, 6.07) is 6.62. The molecule has 2 unspecified atom stereocenters. The minimum absolute atomic E-state index is 0.0551. The third-order valence-electron chi connectivity index (χ3n) is 3.75. The number of hydrogen-bond acceptors (Lipinski definition) is 5. The normalized spacial score (nSPS) is 21.9. The number of fused-ring (bicyclic) bond motifs is 1. The standard InChI is InChI=1S/C17H21N5O2/c1-10(2)21-16(20-9-19)22-14-12-7-11(8-18)5-6-13(12)24-17(3,4)15(14)23/h5-7,10,14-15,23H,1-4H3,(H2,20,21,22). The van der Waals surface area contributed by atoms with Crippen LogP contribution in [0.5, 0.6) is 5.75 Å². The molecule has 0 amide bonds. The van der Waals surface area contributed by atoms with E-state index in [0.29, 0.717) is 16.9 Å². The number of nitrogens with one attached hydrogen (secondary N) is 2. The molecule has 0 aliphatic carbocycles. The second-order valence-corrected chi connectivity index (χ2v) is 6.50. The van der Waals surface area contributed by atoms with E-state index in [-0.39, 0.29) is 12.0 Å². The number of aliphatic hydroxyl groups excluding tert-OH is 1. The Morgan fingerprint density at radius 2 is 2.08 bits per heavy atom. The Hall–Kier alpha value is -2.77. The van der Waals surface area contributed by atoms with Gasteiger partial charge in [0.15, 0.2) is 0 Å². The van der Waals surface area contributed by atoms with Crippen LogP contribution >= 0.6 is 0 Å². The van der Waals surface area contributed by atoms with Crippen LogP contribution in [0.15, 0.2) is 23.2 Å². The van der Waals surface area contributed by atoms with Gasteiger partial charge >= 0.3 is 0 Å². The fraction of sp³-hybridized carbons (Fsp3) is 0.471. The molecule has 7 heteroatoms. The smallest absolute Gasteiger partial charge is 0.209 e. The number of ether oxygens (including phenoxy) is 1. The predicted octanol–water partition coefficient (Wildman–Crippen LogP) is 1.56. The zero-order valence-corrected chi connectivity index (χ0v) is 14.2. The summed E-state index contributed by atoms with van der Waals surface area (Å²) >= 11 is 0. The van der Waals surface area contributed by atoms with Gasteiger partial charge in [-0.05, 0) is 45.9 Å². The summed E-state index contributed by atoms with van der Waals surface area (Å²) in [4.78, 5) is 3.74. The Bertz CT molecular complexity index is 727. The first-order valence-corrected chi connectivity index (χ1v) is 7.69. The molecule has 126 valence electrons. The second kappa shape index (κ2) is 6.77. The Kier molecular flexibility index (Phi) is 4.96. The van der Waals surface area contributed by atoms with E-state index in [9.17, 15) is 5.11 Å². The number of nitriles is 2. The molecule has 1 aliphatic rings. The Labute approximate surface area is 141 Å². The third-order valence-corrected chi connectivity index (χ3v) is 3.75. The molecular weight excluding hydrogens is 306 g/mol. The molecule has 0 fully saturated rings. The first-order chi connectivity index (χ1) is 11.3. The lowest BCUT2D eigenvalue weighted by Crippen LogP contribution is -2.55. The van der Waals surface area contributed by atoms with E-state index in [2.05, 4.69) is 21.7 Å². The number of guanidine groups is 1. The van der Waals surface area contributed by atoms with Gasteiger partial charge in [0, 0.05) is 11.6 Å². The molecule has 2 atom stereocenters. The average molecular weight is 327 g/mol. The summed E-state index contributed by atoms with van der Waals surface area (Å²) in [6.45, 7) is 7.40. The minimum Gasteiger partial charge on any atom is -0.485 e. The van der Waals surface area contributed by atoms with E-state index in [4.69, 9.17) is 15.3 Å². The van der Waals surface area contributed by atoms with Crippen molar-refractivity contribution in [2.45, 2.75) is 51.5 Å². The maximum absolute atomic E-state index is 10.7. The van der Waals surface area contributed by atoms with Crippen LogP contribution in [0.25, 0.3) is 0 Å². The van der Waals surface area contributed by atoms with Crippen molar-refractivity contribution >= 4 is 5.96 Å². The molecule has 1 aliphatic heterocycles. The lowest BCUT2D eigenvalue weighted by atomic mass is 9.86. The lowest BCUT2D eigenvalue weighted by Gasteiger charge is -2.42. The SMILES string of the molecule is CC(C)N/C(=N/C#N)NC1c2cc(C#N)ccc2OC(C)(C)C1O. The molecule has 1 aromatic carbocycles. The van der Waals surface area contributed by atoms with Crippen LogP contribution in [-0.2, 0) is 0 Å². The zero-order chi connectivity index (χ0) is 17.9. The molecular formula is C17H21N5O2. The van der Waals surface area contributed by atoms with Crippen molar-refractivity contribution < 1.29 is 9.84 Å². The van der Waals surface area contributed by atoms with E-state index in [1.54, 1.807) is 38.2 Å². The highest BCUT2D eigenvalue weighted by atomic mass is 16.5. The topological polar surface area (TPSA) is 113 Å². The van der Waals surface area contributed by atoms with Gasteiger partial charge in [-0.3, -0.25) is 0 Å². The quantitative estimate of drug-likeness (QED) is 0.431. The van der Waals surface area contributed by atoms with Gasteiger partial charge in [-0.25, -0.2) is 0 Å². The molecule has 0 aromatic heterocycles. The molecule has 1 heterocycles. The van der Waals surface area contributed by atoms with Gasteiger partial charge in [-0.2, -0.15) is 10.5 Å². The number of aliphatic imine (C=N–C) groups is 1. The average Bonchev–Trinajstić information content (AvgIpc) is 2.50. The van der Waals surface area contributed by atoms with Crippen molar-refractivity contribution in [2.24, 2.45) is 4.99 Å². The highest BCUT2D eigenvalue weighted by Crippen LogP contribution is 2.40. The lowest BCUT2D eigenvalue weighted by molar-refractivity contribution is -0.0612. The molecule has 0 spiro atoms. The molecule has 0 bridgehead atoms. The van der Waals surface area contributed by atoms with E-state index >= 15 is 0 Å². The third kappa shape index (κ3) is 3.58. The summed E-state index contributed by atoms with van der Waals surface area (Å²) in [5, 5.41) is 34.8. The van der Waals surface area contributed by atoms with Crippen molar-refractivity contribution in [1.29, 1.82) is 10.5 Å². The summed E-state index contributed by atoms with van der Waals surface area (Å²) in [5.41, 5.74) is 0.276. The molecule has 0 radical (unpaired) electrons. The molecule has 1 aromatic rings. The molecule has 2 rings (SSSR count). The highest BCUT2D eigenvalue weighted by molar-refractivity contribution is 5.81. The van der Waals surface area contributed by atoms with E-state index in [1.165, 1.54) is 0 Å². The van der Waals surface area contributed by atoms with Crippen molar-refractivity contribution in [2.75, 3.05) is 0 Å². The summed E-state index contributed by atoms with van der Waals surface area (Å²) in [7, 11) is 0. The summed E-state index contributed by atoms with van der Waals surface area (Å²) in [6.07, 6.45) is 0.837. The van der Waals surface area contributed by atoms with Crippen LogP contribution < -0.4 is 15.4 Å². The van der Waals surface area contributed by atoms with Crippen molar-refractivity contribution in [1.82, 2.24) is 10.6 Å². The number of rotatable bonds is 2. The highest BCUT2D eigenvalue weighted by Gasteiger charge is 2.43. The van der Waals surface area contributed by atoms with Crippen LogP contribution in [-0.4, -0.2) is 28.8 Å². The number of hydrogen-bond donors (Lipinski definition) is 3. The van der Waals surface area contributed by atoms with Crippen molar-refractivity contribution in [3.63, 3.8) is 0 Å². The minimum atomic E-state index is -0.906. The maximum Gasteiger partial charge on any atom is 0.209 e. The molecule has 7 nitrogen and oxygen atoms in total. The van der Waals surface area contributed by atoms with Gasteiger partial charge in [-0.15, -0.1) is 4.99 Å². The summed E-state index contributed by atoms with van der Waals surface area (Å²) < 4.78 is 5.86. The fourth-order valence-corrected chi connectivity index (χ4v) is 2.60. The first kappa shape index (κ1) is 17.6. The van der Waals surface area contributed by atoms with Crippen LogP contribution in [0, 0.1) is 22.8 Å². The predicted molar refractivity (Wildman–Crippen MR) is 89.1 cm³/mol. The van der Waals surface area contributed by atoms with Gasteiger partial charge in [0.25, 0.3) is 0 Å². The van der Waals surface area contributed by atoms with Gasteiger partial charge in [0.05, 0.1) is 17.7 Å². The fourth-order valence-electron chi connectivity index (χ4n) is 2.60. The Balaban J connectivity index is 2.45. The maximum atomic E-state index is 10.7. The number of nitrogens with zero attached hydrogens (tertiary/aromatic N) is 3. The van der Waals surface area contributed by atoms with E-state index in [0.717, 1.165) is 0 Å². The van der Waals surface area contributed by atoms with E-state index in [1.807, 2.05) is 13.8 Å². The molecule has 0 saturated heterocycles. The van der Waals surface area contributed by atoms with Crippen LogP contribution in [0.1, 0.15) is 44.9 Å². The van der Waals surface area contributed by atoms with Gasteiger partial charge < -0.3 is 20.5 Å². The summed E-state index contributed by atoms with van der Waals surface area (Å²) in [5.74, 6) is 0.852. The van der Waals surface area contributed by atoms with Crippen LogP contribution in [0.2, 0.25) is 0 Å². The Morgan fingerprint density at radius 3 is 2.67 bits per heavy atom. The monoisotopic (exact) mass is 327 g/mol. The van der Waals surface area contributed by atoms with Crippen molar-refractivity contribution in [3.05, 3.63) is 29.3 Å². The van der Waals surface area contributed by atoms with Crippen LogP contribution in [0.4, 0.5) is 0 Å². The second-order valence-electron chi connectivity index (χ2n) is 6.50. The largest absolute Gasteiger partial charge is 0.485 e. The van der Waals surface area contributed by atoms with Crippen LogP contribution in [0.3, 0.4) is 0 Å². The first-order valence-electron chi connectivity index (χ1n) is 7.69. The number of benzene rings is 1. The van der Waals surface area contributed by atoms with Gasteiger partial charge in [-0.1, -0.05) is 0 Å². The number of aliphatic hydroxyl groups is 1. The van der Waals surface area contributed by atoms with E-state index < -0.39 is 17.7 Å². The van der Waals surface area contributed by atoms with Gasteiger partial charge in [0.2, 0.25) is 12.2 Å². The molecule has 24 heavy (non-hydrogen) atoms. The van der Waals surface area contributed by atoms with Gasteiger partial charge in [0.1, 0.15) is 17.5 Å². The zero-order valence-electron chi connectivity index (χ0n) is 14.2. The molecule has 0 saturated carbocycles. The molecule has 3 N–H and O–H groups in total. The Morgan fingerprint density at radius 1 is 1.38 bits per heavy atom. The van der Waals surface area contributed by atoms with Crippen molar-refractivity contribution in [3.8, 4) is 18.0 Å².